The first-order valence-corrected chi connectivity index (χ1v) is 8.50. The van der Waals surface area contributed by atoms with Gasteiger partial charge in [-0.2, -0.15) is 5.10 Å². The van der Waals surface area contributed by atoms with Crippen molar-refractivity contribution in [3.8, 4) is 11.3 Å². The number of likely N-dealkylation sites (N-methyl/N-ethyl adjacent to an activating group) is 1. The third-order valence-electron chi connectivity index (χ3n) is 4.12. The van der Waals surface area contributed by atoms with Gasteiger partial charge in [0, 0.05) is 24.8 Å². The van der Waals surface area contributed by atoms with Crippen LogP contribution in [0.4, 0.5) is 0 Å². The van der Waals surface area contributed by atoms with Crippen LogP contribution in [0.3, 0.4) is 0 Å². The van der Waals surface area contributed by atoms with Crippen molar-refractivity contribution in [2.45, 2.75) is 19.4 Å². The SMILES string of the molecule is CN(CCCc1cc(-c2ccccc2)n[nH]1)C(=O)Cn1cc(C(=O)O)nn1. The first kappa shape index (κ1) is 18.3. The van der Waals surface area contributed by atoms with E-state index in [0.29, 0.717) is 6.54 Å². The molecule has 0 saturated carbocycles. The summed E-state index contributed by atoms with van der Waals surface area (Å²) in [6, 6.07) is 11.9. The molecule has 3 rings (SSSR count). The van der Waals surface area contributed by atoms with Crippen LogP contribution < -0.4 is 0 Å². The number of rotatable bonds is 8. The van der Waals surface area contributed by atoms with Gasteiger partial charge in [-0.3, -0.25) is 9.89 Å². The van der Waals surface area contributed by atoms with Gasteiger partial charge in [-0.1, -0.05) is 35.5 Å². The Kier molecular flexibility index (Phi) is 5.60. The Morgan fingerprint density at radius 2 is 2.04 bits per heavy atom. The topological polar surface area (TPSA) is 117 Å². The van der Waals surface area contributed by atoms with Crippen LogP contribution in [-0.2, 0) is 17.8 Å². The number of carboxylic acids is 1. The lowest BCUT2D eigenvalue weighted by atomic mass is 10.1. The van der Waals surface area contributed by atoms with Crippen molar-refractivity contribution in [1.29, 1.82) is 0 Å². The number of aromatic carboxylic acids is 1. The normalized spacial score (nSPS) is 10.7. The fourth-order valence-electron chi connectivity index (χ4n) is 2.61. The molecular weight excluding hydrogens is 348 g/mol. The standard InChI is InChI=1S/C18H20N6O3/c1-23(17(25)12-24-11-16(18(26)27)21-22-24)9-5-8-14-10-15(20-19-14)13-6-3-2-4-7-13/h2-4,6-7,10-11H,5,8-9,12H2,1H3,(H,19,20)(H,26,27). The summed E-state index contributed by atoms with van der Waals surface area (Å²) in [5.74, 6) is -1.33. The van der Waals surface area contributed by atoms with Crippen molar-refractivity contribution in [1.82, 2.24) is 30.1 Å². The summed E-state index contributed by atoms with van der Waals surface area (Å²) in [5, 5.41) is 23.3. The van der Waals surface area contributed by atoms with Crippen LogP contribution in [0.15, 0.2) is 42.6 Å². The number of nitrogens with zero attached hydrogens (tertiary/aromatic N) is 5. The number of amides is 1. The minimum Gasteiger partial charge on any atom is -0.476 e. The second-order valence-corrected chi connectivity index (χ2v) is 6.17. The van der Waals surface area contributed by atoms with Crippen LogP contribution >= 0.6 is 0 Å². The largest absolute Gasteiger partial charge is 0.476 e. The highest BCUT2D eigenvalue weighted by atomic mass is 16.4. The van der Waals surface area contributed by atoms with Gasteiger partial charge < -0.3 is 10.0 Å². The van der Waals surface area contributed by atoms with Crippen LogP contribution in [0, 0.1) is 0 Å². The zero-order valence-corrected chi connectivity index (χ0v) is 14.9. The number of H-pyrrole nitrogens is 1. The molecule has 1 amide bonds. The third kappa shape index (κ3) is 4.78. The van der Waals surface area contributed by atoms with E-state index in [9.17, 15) is 9.59 Å². The van der Waals surface area contributed by atoms with Gasteiger partial charge >= 0.3 is 5.97 Å². The van der Waals surface area contributed by atoms with Crippen molar-refractivity contribution < 1.29 is 14.7 Å². The smallest absolute Gasteiger partial charge is 0.358 e. The van der Waals surface area contributed by atoms with Gasteiger partial charge in [-0.05, 0) is 18.9 Å². The van der Waals surface area contributed by atoms with E-state index >= 15 is 0 Å². The number of nitrogens with one attached hydrogen (secondary N) is 1. The minimum atomic E-state index is -1.17. The van der Waals surface area contributed by atoms with Gasteiger partial charge in [0.25, 0.3) is 0 Å². The van der Waals surface area contributed by atoms with Crippen LogP contribution in [0.5, 0.6) is 0 Å². The average Bonchev–Trinajstić information content (AvgIpc) is 3.32. The summed E-state index contributed by atoms with van der Waals surface area (Å²) in [7, 11) is 1.71. The number of carbonyl (C=O) groups excluding carboxylic acids is 1. The highest BCUT2D eigenvalue weighted by Crippen LogP contribution is 2.17. The number of benzene rings is 1. The van der Waals surface area contributed by atoms with Crippen molar-refractivity contribution in [2.75, 3.05) is 13.6 Å². The number of aromatic amines is 1. The van der Waals surface area contributed by atoms with E-state index in [1.807, 2.05) is 36.4 Å². The Morgan fingerprint density at radius 1 is 1.26 bits per heavy atom. The van der Waals surface area contributed by atoms with Gasteiger partial charge in [0.2, 0.25) is 5.91 Å². The molecule has 3 aromatic rings. The molecule has 0 fully saturated rings. The van der Waals surface area contributed by atoms with E-state index in [-0.39, 0.29) is 18.1 Å². The summed E-state index contributed by atoms with van der Waals surface area (Å²) in [6.45, 7) is 0.526. The predicted octanol–water partition coefficient (Wildman–Crippen LogP) is 1.46. The summed E-state index contributed by atoms with van der Waals surface area (Å²) >= 11 is 0. The molecule has 0 atom stereocenters. The minimum absolute atomic E-state index is 0.0427. The monoisotopic (exact) mass is 368 g/mol. The Morgan fingerprint density at radius 3 is 2.74 bits per heavy atom. The molecule has 9 heteroatoms. The molecule has 0 spiro atoms. The zero-order valence-electron chi connectivity index (χ0n) is 14.9. The Bertz CT molecular complexity index is 918. The summed E-state index contributed by atoms with van der Waals surface area (Å²) in [5.41, 5.74) is 2.78. The van der Waals surface area contributed by atoms with E-state index < -0.39 is 5.97 Å². The molecular formula is C18H20N6O3. The van der Waals surface area contributed by atoms with Crippen LogP contribution in [0.25, 0.3) is 11.3 Å². The number of aromatic nitrogens is 5. The van der Waals surface area contributed by atoms with Gasteiger partial charge in [-0.25, -0.2) is 9.48 Å². The maximum atomic E-state index is 12.2. The Balaban J connectivity index is 1.46. The van der Waals surface area contributed by atoms with Crippen LogP contribution in [-0.4, -0.2) is 60.7 Å². The maximum Gasteiger partial charge on any atom is 0.358 e. The summed E-state index contributed by atoms with van der Waals surface area (Å²) < 4.78 is 1.23. The van der Waals surface area contributed by atoms with Crippen LogP contribution in [0.1, 0.15) is 22.6 Å². The molecule has 0 unspecified atom stereocenters. The lowest BCUT2D eigenvalue weighted by Gasteiger charge is -2.16. The molecule has 9 nitrogen and oxygen atoms in total. The number of carboxylic acid groups (broad SMARTS) is 1. The molecule has 0 aliphatic heterocycles. The molecule has 140 valence electrons. The van der Waals surface area contributed by atoms with Crippen molar-refractivity contribution in [3.05, 3.63) is 54.0 Å². The van der Waals surface area contributed by atoms with Gasteiger partial charge in [0.1, 0.15) is 6.54 Å². The van der Waals surface area contributed by atoms with E-state index in [4.69, 9.17) is 5.11 Å². The first-order valence-electron chi connectivity index (χ1n) is 8.50. The van der Waals surface area contributed by atoms with Crippen molar-refractivity contribution >= 4 is 11.9 Å². The molecule has 27 heavy (non-hydrogen) atoms. The molecule has 1 aromatic carbocycles. The number of hydrogen-bond acceptors (Lipinski definition) is 5. The first-order chi connectivity index (χ1) is 13.0. The van der Waals surface area contributed by atoms with Gasteiger partial charge in [-0.15, -0.1) is 5.10 Å². The highest BCUT2D eigenvalue weighted by molar-refractivity contribution is 5.84. The molecule has 0 radical (unpaired) electrons. The number of carbonyl (C=O) groups is 2. The molecule has 2 heterocycles. The third-order valence-corrected chi connectivity index (χ3v) is 4.12. The number of hydrogen-bond donors (Lipinski definition) is 2. The maximum absolute atomic E-state index is 12.2. The highest BCUT2D eigenvalue weighted by Gasteiger charge is 2.13. The van der Waals surface area contributed by atoms with E-state index in [1.54, 1.807) is 11.9 Å². The Labute approximate surface area is 155 Å². The Hall–Kier alpha value is -3.49. The average molecular weight is 368 g/mol. The molecule has 2 aromatic heterocycles. The molecule has 0 bridgehead atoms. The zero-order chi connectivity index (χ0) is 19.2. The van der Waals surface area contributed by atoms with Crippen molar-refractivity contribution in [2.24, 2.45) is 0 Å². The summed E-state index contributed by atoms with van der Waals surface area (Å²) in [4.78, 5) is 24.6. The van der Waals surface area contributed by atoms with Gasteiger partial charge in [0.15, 0.2) is 5.69 Å². The molecule has 2 N–H and O–H groups in total. The molecule has 0 aliphatic rings. The molecule has 0 aliphatic carbocycles. The van der Waals surface area contributed by atoms with E-state index in [1.165, 1.54) is 10.9 Å². The predicted molar refractivity (Wildman–Crippen MR) is 97.0 cm³/mol. The molecule has 0 saturated heterocycles. The number of aryl methyl sites for hydroxylation is 1. The lowest BCUT2D eigenvalue weighted by Crippen LogP contribution is -2.31. The lowest BCUT2D eigenvalue weighted by molar-refractivity contribution is -0.130. The van der Waals surface area contributed by atoms with E-state index in [0.717, 1.165) is 29.8 Å². The quantitative estimate of drug-likeness (QED) is 0.622. The van der Waals surface area contributed by atoms with Gasteiger partial charge in [0.05, 0.1) is 11.9 Å². The second kappa shape index (κ2) is 8.26. The fraction of sp³-hybridized carbons (Fsp3) is 0.278. The van der Waals surface area contributed by atoms with Crippen molar-refractivity contribution in [3.63, 3.8) is 0 Å². The van der Waals surface area contributed by atoms with E-state index in [2.05, 4.69) is 20.5 Å². The second-order valence-electron chi connectivity index (χ2n) is 6.17. The van der Waals surface area contributed by atoms with Crippen LogP contribution in [0.2, 0.25) is 0 Å². The summed E-state index contributed by atoms with van der Waals surface area (Å²) in [6.07, 6.45) is 2.78. The fourth-order valence-corrected chi connectivity index (χ4v) is 2.61.